The summed E-state index contributed by atoms with van der Waals surface area (Å²) in [7, 11) is 0. The average molecular weight is 488 g/mol. The molecule has 0 amide bonds. The maximum absolute atomic E-state index is 6.01. The SMILES string of the molecule is Cc1sc(CN=C(N)Nc2ccc3c(c2)OCCCO3)nc1C(C)C.I. The lowest BCUT2D eigenvalue weighted by Crippen LogP contribution is -2.22. The average Bonchev–Trinajstić information content (AvgIpc) is 2.80. The molecule has 142 valence electrons. The highest BCUT2D eigenvalue weighted by Crippen LogP contribution is 2.32. The molecular formula is C18H25IN4O2S. The zero-order chi connectivity index (χ0) is 17.8. The van der Waals surface area contributed by atoms with Crippen molar-refractivity contribution in [2.45, 2.75) is 39.7 Å². The van der Waals surface area contributed by atoms with Gasteiger partial charge in [0.2, 0.25) is 0 Å². The molecule has 26 heavy (non-hydrogen) atoms. The normalized spacial score (nSPS) is 13.9. The van der Waals surface area contributed by atoms with Crippen molar-refractivity contribution in [3.63, 3.8) is 0 Å². The van der Waals surface area contributed by atoms with E-state index in [0.29, 0.717) is 31.6 Å². The minimum absolute atomic E-state index is 0. The summed E-state index contributed by atoms with van der Waals surface area (Å²) in [5.74, 6) is 2.27. The maximum Gasteiger partial charge on any atom is 0.193 e. The van der Waals surface area contributed by atoms with Crippen LogP contribution in [0.15, 0.2) is 23.2 Å². The number of nitrogens with two attached hydrogens (primary N) is 1. The first kappa shape index (κ1) is 20.8. The number of benzene rings is 1. The Balaban J connectivity index is 0.00000243. The Morgan fingerprint density at radius 3 is 2.73 bits per heavy atom. The molecule has 0 saturated heterocycles. The van der Waals surface area contributed by atoms with Crippen LogP contribution >= 0.6 is 35.3 Å². The lowest BCUT2D eigenvalue weighted by Gasteiger charge is -2.10. The minimum Gasteiger partial charge on any atom is -0.490 e. The fourth-order valence-corrected chi connectivity index (χ4v) is 3.66. The van der Waals surface area contributed by atoms with E-state index >= 15 is 0 Å². The predicted molar refractivity (Wildman–Crippen MR) is 117 cm³/mol. The van der Waals surface area contributed by atoms with Crippen LogP contribution < -0.4 is 20.5 Å². The third-order valence-corrected chi connectivity index (χ3v) is 4.80. The van der Waals surface area contributed by atoms with Crippen molar-refractivity contribution < 1.29 is 9.47 Å². The highest BCUT2D eigenvalue weighted by atomic mass is 127. The van der Waals surface area contributed by atoms with Gasteiger partial charge in [-0.25, -0.2) is 9.98 Å². The smallest absolute Gasteiger partial charge is 0.193 e. The Hall–Kier alpha value is -1.55. The van der Waals surface area contributed by atoms with Crippen molar-refractivity contribution in [3.05, 3.63) is 33.8 Å². The van der Waals surface area contributed by atoms with Crippen LogP contribution in [0.4, 0.5) is 5.69 Å². The predicted octanol–water partition coefficient (Wildman–Crippen LogP) is 4.28. The van der Waals surface area contributed by atoms with E-state index < -0.39 is 0 Å². The maximum atomic E-state index is 6.01. The summed E-state index contributed by atoms with van der Waals surface area (Å²) in [5, 5.41) is 4.07. The number of aryl methyl sites for hydroxylation is 1. The molecule has 1 aliphatic rings. The number of ether oxygens (including phenoxy) is 2. The topological polar surface area (TPSA) is 81.8 Å². The molecule has 0 radical (unpaired) electrons. The van der Waals surface area contributed by atoms with Gasteiger partial charge < -0.3 is 20.5 Å². The van der Waals surface area contributed by atoms with E-state index in [1.807, 2.05) is 18.2 Å². The summed E-state index contributed by atoms with van der Waals surface area (Å²) in [6.07, 6.45) is 0.882. The third kappa shape index (κ3) is 5.23. The van der Waals surface area contributed by atoms with E-state index in [2.05, 4.69) is 36.1 Å². The Bertz CT molecular complexity index is 777. The van der Waals surface area contributed by atoms with Crippen LogP contribution in [0, 0.1) is 6.92 Å². The molecule has 3 rings (SSSR count). The quantitative estimate of drug-likeness (QED) is 0.382. The lowest BCUT2D eigenvalue weighted by atomic mass is 10.1. The molecule has 0 bridgehead atoms. The number of aromatic nitrogens is 1. The van der Waals surface area contributed by atoms with Gasteiger partial charge in [-0.05, 0) is 25.0 Å². The van der Waals surface area contributed by atoms with Gasteiger partial charge in [-0.2, -0.15) is 0 Å². The van der Waals surface area contributed by atoms with Crippen molar-refractivity contribution >= 4 is 47.0 Å². The summed E-state index contributed by atoms with van der Waals surface area (Å²) >= 11 is 1.67. The number of nitrogens with one attached hydrogen (secondary N) is 1. The van der Waals surface area contributed by atoms with Crippen molar-refractivity contribution in [1.82, 2.24) is 4.98 Å². The Morgan fingerprint density at radius 1 is 1.31 bits per heavy atom. The van der Waals surface area contributed by atoms with Crippen LogP contribution in [-0.2, 0) is 6.54 Å². The van der Waals surface area contributed by atoms with E-state index in [1.54, 1.807) is 11.3 Å². The number of anilines is 1. The molecule has 0 fully saturated rings. The molecule has 1 aromatic carbocycles. The molecule has 0 spiro atoms. The van der Waals surface area contributed by atoms with E-state index in [1.165, 1.54) is 4.88 Å². The molecule has 8 heteroatoms. The fraction of sp³-hybridized carbons (Fsp3) is 0.444. The molecule has 0 saturated carbocycles. The number of rotatable bonds is 4. The summed E-state index contributed by atoms with van der Waals surface area (Å²) < 4.78 is 11.3. The van der Waals surface area contributed by atoms with Gasteiger partial charge in [0.15, 0.2) is 17.5 Å². The number of thiazole rings is 1. The van der Waals surface area contributed by atoms with Gasteiger partial charge >= 0.3 is 0 Å². The Morgan fingerprint density at radius 2 is 2.04 bits per heavy atom. The van der Waals surface area contributed by atoms with Crippen molar-refractivity contribution in [2.24, 2.45) is 10.7 Å². The molecule has 3 N–H and O–H groups in total. The van der Waals surface area contributed by atoms with Crippen molar-refractivity contribution in [1.29, 1.82) is 0 Å². The number of aliphatic imine (C=N–C) groups is 1. The third-order valence-electron chi connectivity index (χ3n) is 3.83. The van der Waals surface area contributed by atoms with Gasteiger partial charge in [-0.3, -0.25) is 0 Å². The van der Waals surface area contributed by atoms with Crippen LogP contribution in [-0.4, -0.2) is 24.2 Å². The van der Waals surface area contributed by atoms with Gasteiger partial charge in [0, 0.05) is 23.1 Å². The fourth-order valence-electron chi connectivity index (χ4n) is 2.65. The molecule has 6 nitrogen and oxygen atoms in total. The van der Waals surface area contributed by atoms with E-state index in [-0.39, 0.29) is 24.0 Å². The largest absolute Gasteiger partial charge is 0.490 e. The number of hydrogen-bond acceptors (Lipinski definition) is 5. The molecular weight excluding hydrogens is 463 g/mol. The zero-order valence-electron chi connectivity index (χ0n) is 15.2. The Labute approximate surface area is 175 Å². The number of fused-ring (bicyclic) bond motifs is 1. The number of halogens is 1. The van der Waals surface area contributed by atoms with E-state index in [4.69, 9.17) is 15.2 Å². The van der Waals surface area contributed by atoms with Gasteiger partial charge in [-0.15, -0.1) is 35.3 Å². The monoisotopic (exact) mass is 488 g/mol. The summed E-state index contributed by atoms with van der Waals surface area (Å²) in [6.45, 7) is 8.20. The summed E-state index contributed by atoms with van der Waals surface area (Å²) in [5.41, 5.74) is 7.97. The summed E-state index contributed by atoms with van der Waals surface area (Å²) in [4.78, 5) is 10.3. The Kier molecular flexibility index (Phi) is 7.51. The number of nitrogens with zero attached hydrogens (tertiary/aromatic N) is 2. The molecule has 2 aromatic rings. The standard InChI is InChI=1S/C18H24N4O2S.HI/c1-11(2)17-12(3)25-16(22-17)10-20-18(19)21-13-5-6-14-15(9-13)24-8-4-7-23-14;/h5-6,9,11H,4,7-8,10H2,1-3H3,(H3,19,20,21);1H. The highest BCUT2D eigenvalue weighted by Gasteiger charge is 2.12. The van der Waals surface area contributed by atoms with Crippen LogP contribution in [0.3, 0.4) is 0 Å². The van der Waals surface area contributed by atoms with Gasteiger partial charge in [0.1, 0.15) is 5.01 Å². The second-order valence-electron chi connectivity index (χ2n) is 6.24. The van der Waals surface area contributed by atoms with Crippen molar-refractivity contribution in [3.8, 4) is 11.5 Å². The lowest BCUT2D eigenvalue weighted by molar-refractivity contribution is 0.297. The first-order valence-corrected chi connectivity index (χ1v) is 9.27. The van der Waals surface area contributed by atoms with Gasteiger partial charge in [0.05, 0.1) is 25.5 Å². The van der Waals surface area contributed by atoms with Crippen LogP contribution in [0.1, 0.15) is 41.8 Å². The molecule has 0 atom stereocenters. The van der Waals surface area contributed by atoms with Crippen molar-refractivity contribution in [2.75, 3.05) is 18.5 Å². The minimum atomic E-state index is 0. The molecule has 1 aliphatic heterocycles. The van der Waals surface area contributed by atoms with Gasteiger partial charge in [0.25, 0.3) is 0 Å². The number of guanidine groups is 1. The second-order valence-corrected chi connectivity index (χ2v) is 7.53. The second kappa shape index (κ2) is 9.40. The van der Waals surface area contributed by atoms with E-state index in [9.17, 15) is 0 Å². The molecule has 0 unspecified atom stereocenters. The highest BCUT2D eigenvalue weighted by molar-refractivity contribution is 14.0. The number of hydrogen-bond donors (Lipinski definition) is 2. The van der Waals surface area contributed by atoms with Gasteiger partial charge in [-0.1, -0.05) is 13.8 Å². The first-order valence-electron chi connectivity index (χ1n) is 8.45. The van der Waals surface area contributed by atoms with Crippen LogP contribution in [0.5, 0.6) is 11.5 Å². The molecule has 1 aromatic heterocycles. The van der Waals surface area contributed by atoms with Crippen LogP contribution in [0.25, 0.3) is 0 Å². The first-order chi connectivity index (χ1) is 12.0. The molecule has 2 heterocycles. The molecule has 0 aliphatic carbocycles. The summed E-state index contributed by atoms with van der Waals surface area (Å²) in [6, 6.07) is 5.67. The zero-order valence-corrected chi connectivity index (χ0v) is 18.4. The van der Waals surface area contributed by atoms with E-state index in [0.717, 1.165) is 34.3 Å². The van der Waals surface area contributed by atoms with Crippen LogP contribution in [0.2, 0.25) is 0 Å².